The van der Waals surface area contributed by atoms with Crippen LogP contribution in [0, 0.1) is 6.92 Å². The van der Waals surface area contributed by atoms with Gasteiger partial charge in [0, 0.05) is 17.2 Å². The molecule has 33 heavy (non-hydrogen) atoms. The highest BCUT2D eigenvalue weighted by molar-refractivity contribution is 7.99. The van der Waals surface area contributed by atoms with Crippen LogP contribution < -0.4 is 9.46 Å². The first-order chi connectivity index (χ1) is 15.8. The van der Waals surface area contributed by atoms with Gasteiger partial charge in [-0.05, 0) is 73.0 Å². The van der Waals surface area contributed by atoms with Crippen molar-refractivity contribution in [2.24, 2.45) is 0 Å². The van der Waals surface area contributed by atoms with Crippen LogP contribution in [0.1, 0.15) is 28.4 Å². The van der Waals surface area contributed by atoms with E-state index in [9.17, 15) is 13.2 Å². The molecule has 0 spiro atoms. The van der Waals surface area contributed by atoms with Gasteiger partial charge in [-0.3, -0.25) is 0 Å². The van der Waals surface area contributed by atoms with Crippen LogP contribution in [0.25, 0.3) is 0 Å². The van der Waals surface area contributed by atoms with Gasteiger partial charge in [0.1, 0.15) is 11.5 Å². The molecule has 0 aromatic heterocycles. The zero-order valence-corrected chi connectivity index (χ0v) is 20.5. The number of hydrogen-bond acceptors (Lipinski definition) is 6. The molecule has 3 aromatic carbocycles. The van der Waals surface area contributed by atoms with Gasteiger partial charge in [-0.15, -0.1) is 11.8 Å². The fraction of sp³-hybridized carbons (Fsp3) is 0.240. The van der Waals surface area contributed by atoms with Crippen LogP contribution >= 0.6 is 11.8 Å². The third kappa shape index (κ3) is 6.83. The smallest absolute Gasteiger partial charge is 0.338 e. The molecule has 174 valence electrons. The first-order valence-corrected chi connectivity index (χ1v) is 13.0. The van der Waals surface area contributed by atoms with Crippen molar-refractivity contribution in [1.29, 1.82) is 0 Å². The van der Waals surface area contributed by atoms with Crippen LogP contribution in [-0.2, 0) is 21.2 Å². The molecule has 0 amide bonds. The third-order valence-corrected chi connectivity index (χ3v) is 7.45. The summed E-state index contributed by atoms with van der Waals surface area (Å²) in [6.07, 6.45) is 0.988. The standard InChI is InChI=1S/C25H27NO5S2/c1-4-19-6-8-20(9-7-19)31-21-10-12-22(13-11-21)32-16-15-26-33(28,29)23-14-5-18(2)24(17-23)25(27)30-3/h5-14,17,26H,4,15-16H2,1-3H3. The number of sulfonamides is 1. The molecule has 6 nitrogen and oxygen atoms in total. The Balaban J connectivity index is 1.51. The molecule has 0 saturated heterocycles. The predicted molar refractivity (Wildman–Crippen MR) is 131 cm³/mol. The monoisotopic (exact) mass is 485 g/mol. The zero-order chi connectivity index (χ0) is 23.8. The zero-order valence-electron chi connectivity index (χ0n) is 18.8. The minimum absolute atomic E-state index is 0.0342. The molecule has 0 aliphatic carbocycles. The number of carbonyl (C=O) groups excluding carboxylic acids is 1. The lowest BCUT2D eigenvalue weighted by atomic mass is 10.1. The van der Waals surface area contributed by atoms with Gasteiger partial charge in [0.25, 0.3) is 0 Å². The van der Waals surface area contributed by atoms with Gasteiger partial charge < -0.3 is 9.47 Å². The number of aryl methyl sites for hydroxylation is 2. The molecule has 1 N–H and O–H groups in total. The summed E-state index contributed by atoms with van der Waals surface area (Å²) < 4.78 is 38.3. The van der Waals surface area contributed by atoms with E-state index in [1.165, 1.54) is 36.6 Å². The topological polar surface area (TPSA) is 81.7 Å². The highest BCUT2D eigenvalue weighted by Crippen LogP contribution is 2.25. The molecule has 0 unspecified atom stereocenters. The molecule has 0 aliphatic heterocycles. The van der Waals surface area contributed by atoms with E-state index in [-0.39, 0.29) is 17.0 Å². The molecule has 3 aromatic rings. The number of rotatable bonds is 10. The summed E-state index contributed by atoms with van der Waals surface area (Å²) in [6.45, 7) is 4.09. The van der Waals surface area contributed by atoms with E-state index in [2.05, 4.69) is 11.6 Å². The number of benzene rings is 3. The van der Waals surface area contributed by atoms with Crippen LogP contribution in [0.4, 0.5) is 0 Å². The first-order valence-electron chi connectivity index (χ1n) is 10.5. The Morgan fingerprint density at radius 3 is 2.21 bits per heavy atom. The fourth-order valence-electron chi connectivity index (χ4n) is 3.06. The largest absolute Gasteiger partial charge is 0.465 e. The Bertz CT molecular complexity index is 1190. The lowest BCUT2D eigenvalue weighted by molar-refractivity contribution is 0.0599. The minimum Gasteiger partial charge on any atom is -0.465 e. The summed E-state index contributed by atoms with van der Waals surface area (Å²) in [7, 11) is -2.47. The van der Waals surface area contributed by atoms with Crippen molar-refractivity contribution >= 4 is 27.8 Å². The van der Waals surface area contributed by atoms with Crippen LogP contribution in [0.5, 0.6) is 11.5 Å². The summed E-state index contributed by atoms with van der Waals surface area (Å²) in [5, 5.41) is 0. The summed E-state index contributed by atoms with van der Waals surface area (Å²) in [4.78, 5) is 12.9. The molecule has 0 heterocycles. The van der Waals surface area contributed by atoms with Gasteiger partial charge in [-0.25, -0.2) is 17.9 Å². The van der Waals surface area contributed by atoms with Crippen molar-refractivity contribution in [2.45, 2.75) is 30.1 Å². The highest BCUT2D eigenvalue weighted by Gasteiger charge is 2.18. The van der Waals surface area contributed by atoms with Crippen molar-refractivity contribution in [3.8, 4) is 11.5 Å². The van der Waals surface area contributed by atoms with Crippen molar-refractivity contribution < 1.29 is 22.7 Å². The van der Waals surface area contributed by atoms with Crippen LogP contribution in [0.3, 0.4) is 0 Å². The first kappa shape index (κ1) is 24.8. The second-order valence-corrected chi connectivity index (χ2v) is 10.2. The summed E-state index contributed by atoms with van der Waals surface area (Å²) in [6, 6.07) is 20.1. The Hall–Kier alpha value is -2.81. The van der Waals surface area contributed by atoms with E-state index >= 15 is 0 Å². The predicted octanol–water partition coefficient (Wildman–Crippen LogP) is 5.21. The number of thioether (sulfide) groups is 1. The average molecular weight is 486 g/mol. The van der Waals surface area contributed by atoms with Crippen LogP contribution in [0.15, 0.2) is 76.5 Å². The second kappa shape index (κ2) is 11.4. The van der Waals surface area contributed by atoms with Gasteiger partial charge in [0.05, 0.1) is 17.6 Å². The Morgan fingerprint density at radius 2 is 1.61 bits per heavy atom. The molecule has 0 atom stereocenters. The van der Waals surface area contributed by atoms with Crippen molar-refractivity contribution in [2.75, 3.05) is 19.4 Å². The van der Waals surface area contributed by atoms with Crippen molar-refractivity contribution in [3.63, 3.8) is 0 Å². The van der Waals surface area contributed by atoms with E-state index in [4.69, 9.17) is 9.47 Å². The lowest BCUT2D eigenvalue weighted by Gasteiger charge is -2.10. The molecule has 0 aliphatic rings. The fourth-order valence-corrected chi connectivity index (χ4v) is 5.01. The van der Waals surface area contributed by atoms with Crippen LogP contribution in [0.2, 0.25) is 0 Å². The molecule has 0 fully saturated rings. The van der Waals surface area contributed by atoms with Crippen molar-refractivity contribution in [1.82, 2.24) is 4.72 Å². The summed E-state index contributed by atoms with van der Waals surface area (Å²) in [5.41, 5.74) is 2.15. The molecule has 0 bridgehead atoms. The average Bonchev–Trinajstić information content (AvgIpc) is 2.83. The van der Waals surface area contributed by atoms with Gasteiger partial charge >= 0.3 is 5.97 Å². The Morgan fingerprint density at radius 1 is 0.970 bits per heavy atom. The van der Waals surface area contributed by atoms with E-state index in [0.717, 1.165) is 22.8 Å². The van der Waals surface area contributed by atoms with Gasteiger partial charge in [0.2, 0.25) is 10.0 Å². The minimum atomic E-state index is -3.73. The molecule has 0 saturated carbocycles. The maximum absolute atomic E-state index is 12.6. The Kier molecular flexibility index (Phi) is 8.55. The Labute approximate surface area is 199 Å². The summed E-state index contributed by atoms with van der Waals surface area (Å²) >= 11 is 1.53. The van der Waals surface area contributed by atoms with E-state index in [0.29, 0.717) is 11.3 Å². The maximum atomic E-state index is 12.6. The molecule has 8 heteroatoms. The number of nitrogens with one attached hydrogen (secondary N) is 1. The summed E-state index contributed by atoms with van der Waals surface area (Å²) in [5.74, 6) is 1.51. The number of carbonyl (C=O) groups is 1. The molecule has 3 rings (SSSR count). The van der Waals surface area contributed by atoms with Gasteiger partial charge in [-0.2, -0.15) is 0 Å². The third-order valence-electron chi connectivity index (χ3n) is 4.98. The lowest BCUT2D eigenvalue weighted by Crippen LogP contribution is -2.26. The maximum Gasteiger partial charge on any atom is 0.338 e. The van der Waals surface area contributed by atoms with Gasteiger partial charge in [0.15, 0.2) is 0 Å². The molecule has 0 radical (unpaired) electrons. The quantitative estimate of drug-likeness (QED) is 0.241. The number of esters is 1. The normalized spacial score (nSPS) is 11.2. The number of ether oxygens (including phenoxy) is 2. The SMILES string of the molecule is CCc1ccc(Oc2ccc(SCCNS(=O)(=O)c3ccc(C)c(C(=O)OC)c3)cc2)cc1. The van der Waals surface area contributed by atoms with Crippen LogP contribution in [-0.4, -0.2) is 33.8 Å². The molecular formula is C25H27NO5S2. The van der Waals surface area contributed by atoms with Gasteiger partial charge in [-0.1, -0.05) is 25.1 Å². The van der Waals surface area contributed by atoms with E-state index in [1.807, 2.05) is 48.5 Å². The second-order valence-electron chi connectivity index (χ2n) is 7.29. The number of hydrogen-bond donors (Lipinski definition) is 1. The highest BCUT2D eigenvalue weighted by atomic mass is 32.2. The van der Waals surface area contributed by atoms with E-state index in [1.54, 1.807) is 13.0 Å². The molecular weight excluding hydrogens is 458 g/mol. The van der Waals surface area contributed by atoms with Crippen molar-refractivity contribution in [3.05, 3.63) is 83.4 Å². The van der Waals surface area contributed by atoms with E-state index < -0.39 is 16.0 Å². The number of methoxy groups -OCH3 is 1.